The van der Waals surface area contributed by atoms with Crippen molar-refractivity contribution < 1.29 is 9.53 Å². The number of rotatable bonds is 6. The molecule has 168 valence electrons. The minimum absolute atomic E-state index is 0.0143. The van der Waals surface area contributed by atoms with Crippen molar-refractivity contribution >= 4 is 17.2 Å². The Balaban J connectivity index is 1.36. The summed E-state index contributed by atoms with van der Waals surface area (Å²) in [7, 11) is 1.64. The summed E-state index contributed by atoms with van der Waals surface area (Å²) in [6.45, 7) is 4.03. The third kappa shape index (κ3) is 4.69. The molecule has 6 nitrogen and oxygen atoms in total. The highest BCUT2D eigenvalue weighted by Crippen LogP contribution is 2.27. The van der Waals surface area contributed by atoms with Gasteiger partial charge in [0.05, 0.1) is 17.7 Å². The first-order valence-corrected chi connectivity index (χ1v) is 11.9. The molecule has 0 bridgehead atoms. The van der Waals surface area contributed by atoms with E-state index in [2.05, 4.69) is 29.2 Å². The van der Waals surface area contributed by atoms with Gasteiger partial charge in [0, 0.05) is 32.7 Å². The van der Waals surface area contributed by atoms with Crippen LogP contribution in [-0.4, -0.2) is 58.8 Å². The Bertz CT molecular complexity index is 1200. The van der Waals surface area contributed by atoms with Gasteiger partial charge >= 0.3 is 0 Å². The van der Waals surface area contributed by atoms with E-state index >= 15 is 0 Å². The standard InChI is InChI=1S/C26H26N4O2S/c1-32-22-11-9-21(10-12-22)30-24(18-23(27-30)25-8-5-17-33-25)26(31)29-15-13-28(14-16-29)19-20-6-3-2-4-7-20/h2-12,17-18H,13-16,19H2,1H3. The van der Waals surface area contributed by atoms with E-state index in [0.29, 0.717) is 18.8 Å². The highest BCUT2D eigenvalue weighted by molar-refractivity contribution is 7.13. The van der Waals surface area contributed by atoms with Crippen LogP contribution in [0.4, 0.5) is 0 Å². The van der Waals surface area contributed by atoms with Gasteiger partial charge in [0.2, 0.25) is 0 Å². The molecule has 2 aromatic carbocycles. The van der Waals surface area contributed by atoms with Gasteiger partial charge in [-0.05, 0) is 47.3 Å². The second kappa shape index (κ2) is 9.60. The first kappa shape index (κ1) is 21.4. The molecule has 3 heterocycles. The average Bonchev–Trinajstić information content (AvgIpc) is 3.55. The molecule has 1 aliphatic heterocycles. The van der Waals surface area contributed by atoms with Gasteiger partial charge in [-0.25, -0.2) is 4.68 Å². The molecule has 0 atom stereocenters. The first-order valence-electron chi connectivity index (χ1n) is 11.1. The number of aromatic nitrogens is 2. The summed E-state index contributed by atoms with van der Waals surface area (Å²) in [6.07, 6.45) is 0. The van der Waals surface area contributed by atoms with Gasteiger partial charge in [0.15, 0.2) is 0 Å². The number of ether oxygens (including phenoxy) is 1. The van der Waals surface area contributed by atoms with Crippen LogP contribution < -0.4 is 4.74 Å². The van der Waals surface area contributed by atoms with Crippen molar-refractivity contribution in [3.63, 3.8) is 0 Å². The van der Waals surface area contributed by atoms with E-state index in [1.807, 2.05) is 58.8 Å². The lowest BCUT2D eigenvalue weighted by Crippen LogP contribution is -2.48. The molecule has 0 unspecified atom stereocenters. The number of piperazine rings is 1. The van der Waals surface area contributed by atoms with Crippen LogP contribution in [0.3, 0.4) is 0 Å². The number of hydrogen-bond donors (Lipinski definition) is 0. The highest BCUT2D eigenvalue weighted by Gasteiger charge is 2.26. The number of amides is 1. The zero-order valence-corrected chi connectivity index (χ0v) is 19.4. The highest BCUT2D eigenvalue weighted by atomic mass is 32.1. The zero-order valence-electron chi connectivity index (χ0n) is 18.6. The molecular formula is C26H26N4O2S. The summed E-state index contributed by atoms with van der Waals surface area (Å²) in [5.41, 5.74) is 3.53. The topological polar surface area (TPSA) is 50.6 Å². The van der Waals surface area contributed by atoms with Crippen LogP contribution in [-0.2, 0) is 6.54 Å². The molecule has 0 aliphatic carbocycles. The minimum Gasteiger partial charge on any atom is -0.497 e. The van der Waals surface area contributed by atoms with E-state index in [9.17, 15) is 4.79 Å². The smallest absolute Gasteiger partial charge is 0.272 e. The largest absolute Gasteiger partial charge is 0.497 e. The van der Waals surface area contributed by atoms with Gasteiger partial charge in [-0.15, -0.1) is 11.3 Å². The fraction of sp³-hybridized carbons (Fsp3) is 0.231. The van der Waals surface area contributed by atoms with Gasteiger partial charge in [-0.3, -0.25) is 9.69 Å². The van der Waals surface area contributed by atoms with Crippen LogP contribution in [0.25, 0.3) is 16.3 Å². The van der Waals surface area contributed by atoms with Crippen molar-refractivity contribution in [1.82, 2.24) is 19.6 Å². The molecule has 0 spiro atoms. The van der Waals surface area contributed by atoms with Crippen molar-refractivity contribution in [3.05, 3.63) is 89.4 Å². The SMILES string of the molecule is COc1ccc(-n2nc(-c3cccs3)cc2C(=O)N2CCN(Cc3ccccc3)CC2)cc1. The molecule has 1 amide bonds. The summed E-state index contributed by atoms with van der Waals surface area (Å²) in [5, 5.41) is 6.82. The maximum Gasteiger partial charge on any atom is 0.272 e. The van der Waals surface area contributed by atoms with Crippen molar-refractivity contribution in [3.8, 4) is 22.0 Å². The maximum absolute atomic E-state index is 13.6. The lowest BCUT2D eigenvalue weighted by atomic mass is 10.2. The normalized spacial score (nSPS) is 14.4. The van der Waals surface area contributed by atoms with Gasteiger partial charge in [-0.2, -0.15) is 5.10 Å². The number of nitrogens with zero attached hydrogens (tertiary/aromatic N) is 4. The molecule has 7 heteroatoms. The molecule has 2 aromatic heterocycles. The van der Waals surface area contributed by atoms with E-state index in [4.69, 9.17) is 9.84 Å². The fourth-order valence-electron chi connectivity index (χ4n) is 4.11. The Morgan fingerprint density at radius 1 is 0.970 bits per heavy atom. The quantitative estimate of drug-likeness (QED) is 0.425. The monoisotopic (exact) mass is 458 g/mol. The fourth-order valence-corrected chi connectivity index (χ4v) is 4.79. The number of methoxy groups -OCH3 is 1. The van der Waals surface area contributed by atoms with Gasteiger partial charge in [0.25, 0.3) is 5.91 Å². The van der Waals surface area contributed by atoms with Crippen molar-refractivity contribution in [2.24, 2.45) is 0 Å². The van der Waals surface area contributed by atoms with Crippen molar-refractivity contribution in [2.75, 3.05) is 33.3 Å². The van der Waals surface area contributed by atoms with E-state index in [0.717, 1.165) is 41.6 Å². The molecule has 33 heavy (non-hydrogen) atoms. The Hall–Kier alpha value is -3.42. The van der Waals surface area contributed by atoms with Crippen LogP contribution in [0.15, 0.2) is 78.2 Å². The van der Waals surface area contributed by atoms with Crippen LogP contribution in [0.1, 0.15) is 16.1 Å². The molecule has 0 N–H and O–H groups in total. The summed E-state index contributed by atoms with van der Waals surface area (Å²) < 4.78 is 7.04. The molecule has 5 rings (SSSR count). The van der Waals surface area contributed by atoms with Gasteiger partial charge in [-0.1, -0.05) is 36.4 Å². The number of benzene rings is 2. The molecular weight excluding hydrogens is 432 g/mol. The Labute approximate surface area is 197 Å². The lowest BCUT2D eigenvalue weighted by molar-refractivity contribution is 0.0619. The van der Waals surface area contributed by atoms with Crippen LogP contribution in [0, 0.1) is 0 Å². The number of carbonyl (C=O) groups excluding carboxylic acids is 1. The number of carbonyl (C=O) groups is 1. The van der Waals surface area contributed by atoms with Crippen LogP contribution in [0.5, 0.6) is 5.75 Å². The molecule has 1 fully saturated rings. The molecule has 4 aromatic rings. The molecule has 0 radical (unpaired) electrons. The summed E-state index contributed by atoms with van der Waals surface area (Å²) >= 11 is 1.62. The minimum atomic E-state index is 0.0143. The molecule has 1 aliphatic rings. The average molecular weight is 459 g/mol. The van der Waals surface area contributed by atoms with E-state index in [1.54, 1.807) is 23.1 Å². The molecule has 0 saturated carbocycles. The van der Waals surface area contributed by atoms with Crippen molar-refractivity contribution in [2.45, 2.75) is 6.54 Å². The summed E-state index contributed by atoms with van der Waals surface area (Å²) in [6, 6.07) is 24.1. The second-order valence-electron chi connectivity index (χ2n) is 8.06. The third-order valence-electron chi connectivity index (χ3n) is 5.93. The Kier molecular flexibility index (Phi) is 6.24. The Morgan fingerprint density at radius 3 is 2.39 bits per heavy atom. The first-order chi connectivity index (χ1) is 16.2. The Morgan fingerprint density at radius 2 is 1.73 bits per heavy atom. The van der Waals surface area contributed by atoms with E-state index in [-0.39, 0.29) is 5.91 Å². The maximum atomic E-state index is 13.6. The summed E-state index contributed by atoms with van der Waals surface area (Å²) in [4.78, 5) is 19.0. The lowest BCUT2D eigenvalue weighted by Gasteiger charge is -2.34. The predicted molar refractivity (Wildman–Crippen MR) is 131 cm³/mol. The molecule has 1 saturated heterocycles. The third-order valence-corrected chi connectivity index (χ3v) is 6.82. The predicted octanol–water partition coefficient (Wildman–Crippen LogP) is 4.57. The summed E-state index contributed by atoms with van der Waals surface area (Å²) in [5.74, 6) is 0.785. The van der Waals surface area contributed by atoms with Crippen LogP contribution in [0.2, 0.25) is 0 Å². The van der Waals surface area contributed by atoms with Crippen molar-refractivity contribution in [1.29, 1.82) is 0 Å². The van der Waals surface area contributed by atoms with Crippen LogP contribution >= 0.6 is 11.3 Å². The van der Waals surface area contributed by atoms with E-state index in [1.165, 1.54) is 5.56 Å². The van der Waals surface area contributed by atoms with E-state index < -0.39 is 0 Å². The number of hydrogen-bond acceptors (Lipinski definition) is 5. The zero-order chi connectivity index (χ0) is 22.6. The number of thiophene rings is 1. The van der Waals surface area contributed by atoms with Gasteiger partial charge in [0.1, 0.15) is 17.1 Å². The van der Waals surface area contributed by atoms with Gasteiger partial charge < -0.3 is 9.64 Å². The second-order valence-corrected chi connectivity index (χ2v) is 9.00.